The van der Waals surface area contributed by atoms with Crippen LogP contribution in [0.5, 0.6) is 6.01 Å². The smallest absolute Gasteiger partial charge is 0.321 e. The van der Waals surface area contributed by atoms with Crippen molar-refractivity contribution in [3.8, 4) is 17.4 Å². The summed E-state index contributed by atoms with van der Waals surface area (Å²) in [4.78, 5) is 13.2. The molecule has 0 saturated heterocycles. The second kappa shape index (κ2) is 7.57. The number of hydrogen-bond donors (Lipinski definition) is 1. The Labute approximate surface area is 125 Å². The quantitative estimate of drug-likeness (QED) is 0.846. The van der Waals surface area contributed by atoms with Crippen LogP contribution in [0.3, 0.4) is 0 Å². The van der Waals surface area contributed by atoms with Crippen molar-refractivity contribution in [2.75, 3.05) is 18.5 Å². The summed E-state index contributed by atoms with van der Waals surface area (Å²) >= 11 is 0. The lowest BCUT2D eigenvalue weighted by Crippen LogP contribution is -2.08. The van der Waals surface area contributed by atoms with Crippen molar-refractivity contribution < 1.29 is 4.74 Å². The molecule has 0 aliphatic rings. The predicted molar refractivity (Wildman–Crippen MR) is 84.6 cm³/mol. The number of ether oxygens (including phenoxy) is 1. The molecule has 0 amide bonds. The van der Waals surface area contributed by atoms with Crippen LogP contribution in [0.25, 0.3) is 11.4 Å². The molecule has 21 heavy (non-hydrogen) atoms. The lowest BCUT2D eigenvalue weighted by Gasteiger charge is -2.09. The van der Waals surface area contributed by atoms with E-state index in [4.69, 9.17) is 4.74 Å². The maximum Gasteiger partial charge on any atom is 0.321 e. The van der Waals surface area contributed by atoms with E-state index in [0.717, 1.165) is 24.9 Å². The molecule has 0 spiro atoms. The van der Waals surface area contributed by atoms with Gasteiger partial charge >= 0.3 is 6.01 Å². The van der Waals surface area contributed by atoms with Crippen LogP contribution in [-0.4, -0.2) is 28.1 Å². The van der Waals surface area contributed by atoms with Gasteiger partial charge in [0.05, 0.1) is 6.61 Å². The van der Waals surface area contributed by atoms with Crippen LogP contribution in [0, 0.1) is 0 Å². The first-order chi connectivity index (χ1) is 10.3. The van der Waals surface area contributed by atoms with Crippen LogP contribution in [0.4, 0.5) is 5.95 Å². The van der Waals surface area contributed by atoms with E-state index < -0.39 is 0 Å². The minimum absolute atomic E-state index is 0.364. The Morgan fingerprint density at radius 3 is 2.67 bits per heavy atom. The minimum Gasteiger partial charge on any atom is -0.464 e. The molecule has 1 N–H and O–H groups in total. The van der Waals surface area contributed by atoms with Gasteiger partial charge in [-0.3, -0.25) is 0 Å². The second-order valence-electron chi connectivity index (χ2n) is 4.68. The van der Waals surface area contributed by atoms with E-state index in [1.807, 2.05) is 19.1 Å². The fourth-order valence-electron chi connectivity index (χ4n) is 1.93. The molecule has 0 fully saturated rings. The number of hydrogen-bond acceptors (Lipinski definition) is 5. The second-order valence-corrected chi connectivity index (χ2v) is 4.68. The molecule has 0 aliphatic heterocycles. The number of aromatic nitrogens is 3. The summed E-state index contributed by atoms with van der Waals surface area (Å²) in [5.41, 5.74) is 2.24. The fraction of sp³-hybridized carbons (Fsp3) is 0.438. The third-order valence-corrected chi connectivity index (χ3v) is 3.01. The zero-order valence-corrected chi connectivity index (χ0v) is 12.9. The molecule has 2 aromatic rings. The molecular formula is C16H22N4O. The molecule has 1 aromatic heterocycles. The van der Waals surface area contributed by atoms with Gasteiger partial charge < -0.3 is 10.1 Å². The van der Waals surface area contributed by atoms with Crippen LogP contribution in [0.1, 0.15) is 32.8 Å². The summed E-state index contributed by atoms with van der Waals surface area (Å²) in [6, 6.07) is 8.60. The van der Waals surface area contributed by atoms with E-state index in [2.05, 4.69) is 46.2 Å². The molecule has 0 atom stereocenters. The Balaban J connectivity index is 2.37. The third-order valence-electron chi connectivity index (χ3n) is 3.01. The average molecular weight is 286 g/mol. The molecule has 0 aliphatic carbocycles. The van der Waals surface area contributed by atoms with E-state index in [-0.39, 0.29) is 0 Å². The van der Waals surface area contributed by atoms with E-state index in [1.165, 1.54) is 5.56 Å². The van der Waals surface area contributed by atoms with E-state index in [0.29, 0.717) is 24.4 Å². The monoisotopic (exact) mass is 286 g/mol. The molecule has 2 rings (SSSR count). The van der Waals surface area contributed by atoms with Crippen molar-refractivity contribution in [3.63, 3.8) is 0 Å². The summed E-state index contributed by atoms with van der Waals surface area (Å²) in [5.74, 6) is 1.20. The molecule has 5 heteroatoms. The number of rotatable bonds is 7. The van der Waals surface area contributed by atoms with Crippen molar-refractivity contribution in [3.05, 3.63) is 29.8 Å². The van der Waals surface area contributed by atoms with E-state index in [1.54, 1.807) is 0 Å². The standard InChI is InChI=1S/C16H22N4O/c1-4-10-17-15-18-14(19-16(20-15)21-6-3)13-9-7-8-12(5-2)11-13/h7-9,11H,4-6,10H2,1-3H3,(H,17,18,19,20). The topological polar surface area (TPSA) is 59.9 Å². The minimum atomic E-state index is 0.364. The summed E-state index contributed by atoms with van der Waals surface area (Å²) < 4.78 is 5.44. The first-order valence-corrected chi connectivity index (χ1v) is 7.48. The lowest BCUT2D eigenvalue weighted by atomic mass is 10.1. The lowest BCUT2D eigenvalue weighted by molar-refractivity contribution is 0.312. The maximum absolute atomic E-state index is 5.44. The first kappa shape index (κ1) is 15.2. The van der Waals surface area contributed by atoms with Gasteiger partial charge in [-0.15, -0.1) is 0 Å². The molecule has 0 bridgehead atoms. The molecule has 0 unspecified atom stereocenters. The normalized spacial score (nSPS) is 10.4. The summed E-state index contributed by atoms with van der Waals surface area (Å²) in [6.07, 6.45) is 1.99. The van der Waals surface area contributed by atoms with Crippen LogP contribution in [0.15, 0.2) is 24.3 Å². The van der Waals surface area contributed by atoms with E-state index >= 15 is 0 Å². The Kier molecular flexibility index (Phi) is 5.49. The molecule has 0 saturated carbocycles. The van der Waals surface area contributed by atoms with Crippen molar-refractivity contribution >= 4 is 5.95 Å². The number of nitrogens with one attached hydrogen (secondary N) is 1. The third kappa shape index (κ3) is 4.15. The Morgan fingerprint density at radius 1 is 1.10 bits per heavy atom. The van der Waals surface area contributed by atoms with Gasteiger partial charge in [0.2, 0.25) is 5.95 Å². The van der Waals surface area contributed by atoms with E-state index in [9.17, 15) is 0 Å². The van der Waals surface area contributed by atoms with Crippen LogP contribution >= 0.6 is 0 Å². The number of aryl methyl sites for hydroxylation is 1. The van der Waals surface area contributed by atoms with Gasteiger partial charge in [0.15, 0.2) is 5.82 Å². The highest BCUT2D eigenvalue weighted by Crippen LogP contribution is 2.20. The molecule has 1 heterocycles. The number of benzene rings is 1. The van der Waals surface area contributed by atoms with Gasteiger partial charge in [-0.1, -0.05) is 32.0 Å². The van der Waals surface area contributed by atoms with Crippen molar-refractivity contribution in [1.29, 1.82) is 0 Å². The fourth-order valence-corrected chi connectivity index (χ4v) is 1.93. The van der Waals surface area contributed by atoms with Gasteiger partial charge in [-0.2, -0.15) is 15.0 Å². The highest BCUT2D eigenvalue weighted by Gasteiger charge is 2.09. The number of nitrogens with zero attached hydrogens (tertiary/aromatic N) is 3. The summed E-state index contributed by atoms with van der Waals surface area (Å²) in [5, 5.41) is 3.19. The summed E-state index contributed by atoms with van der Waals surface area (Å²) in [6.45, 7) is 7.51. The van der Waals surface area contributed by atoms with Gasteiger partial charge in [-0.05, 0) is 31.4 Å². The molecule has 112 valence electrons. The molecular weight excluding hydrogens is 264 g/mol. The Bertz CT molecular complexity index is 586. The maximum atomic E-state index is 5.44. The van der Waals surface area contributed by atoms with Gasteiger partial charge in [-0.25, -0.2) is 0 Å². The molecule has 1 aromatic carbocycles. The average Bonchev–Trinajstić information content (AvgIpc) is 2.53. The largest absolute Gasteiger partial charge is 0.464 e. The van der Waals surface area contributed by atoms with Crippen LogP contribution in [-0.2, 0) is 6.42 Å². The van der Waals surface area contributed by atoms with Crippen LogP contribution in [0.2, 0.25) is 0 Å². The first-order valence-electron chi connectivity index (χ1n) is 7.48. The Hall–Kier alpha value is -2.17. The van der Waals surface area contributed by atoms with Crippen molar-refractivity contribution in [2.24, 2.45) is 0 Å². The van der Waals surface area contributed by atoms with Gasteiger partial charge in [0, 0.05) is 12.1 Å². The molecule has 0 radical (unpaired) electrons. The van der Waals surface area contributed by atoms with Gasteiger partial charge in [0.1, 0.15) is 0 Å². The molecule has 5 nitrogen and oxygen atoms in total. The highest BCUT2D eigenvalue weighted by atomic mass is 16.5. The van der Waals surface area contributed by atoms with Crippen molar-refractivity contribution in [1.82, 2.24) is 15.0 Å². The number of anilines is 1. The van der Waals surface area contributed by atoms with Crippen molar-refractivity contribution in [2.45, 2.75) is 33.6 Å². The highest BCUT2D eigenvalue weighted by molar-refractivity contribution is 5.57. The zero-order valence-electron chi connectivity index (χ0n) is 12.9. The predicted octanol–water partition coefficient (Wildman–Crippen LogP) is 3.32. The Morgan fingerprint density at radius 2 is 1.95 bits per heavy atom. The van der Waals surface area contributed by atoms with Gasteiger partial charge in [0.25, 0.3) is 0 Å². The van der Waals surface area contributed by atoms with Crippen LogP contribution < -0.4 is 10.1 Å². The summed E-state index contributed by atoms with van der Waals surface area (Å²) in [7, 11) is 0. The zero-order chi connectivity index (χ0) is 15.1. The SMILES string of the molecule is CCCNc1nc(OCC)nc(-c2cccc(CC)c2)n1.